The number of nitrogens with zero attached hydrogens (tertiary/aromatic N) is 1. The third-order valence-corrected chi connectivity index (χ3v) is 2.19. The van der Waals surface area contributed by atoms with Crippen LogP contribution < -0.4 is 5.23 Å². The Labute approximate surface area is 88.9 Å². The average Bonchev–Trinajstić information content (AvgIpc) is 2.15. The highest BCUT2D eigenvalue weighted by molar-refractivity contribution is 5.48. The quantitative estimate of drug-likeness (QED) is 0.679. The van der Waals surface area contributed by atoms with Crippen LogP contribution in [0.2, 0.25) is 0 Å². The summed E-state index contributed by atoms with van der Waals surface area (Å²) < 4.78 is 0. The van der Waals surface area contributed by atoms with Crippen LogP contribution in [0.5, 0.6) is 0 Å². The van der Waals surface area contributed by atoms with Gasteiger partial charge in [-0.15, -0.1) is 0 Å². The number of rotatable bonds is 1. The van der Waals surface area contributed by atoms with Gasteiger partial charge in [0.2, 0.25) is 0 Å². The monoisotopic (exact) mass is 206 g/mol. The first-order valence-electron chi connectivity index (χ1n) is 4.64. The fourth-order valence-electron chi connectivity index (χ4n) is 1.40. The molecule has 15 heavy (non-hydrogen) atoms. The smallest absolute Gasteiger partial charge is 0.164 e. The van der Waals surface area contributed by atoms with E-state index in [1.54, 1.807) is 12.1 Å². The first-order valence-corrected chi connectivity index (χ1v) is 4.64. The van der Waals surface area contributed by atoms with Gasteiger partial charge in [0.15, 0.2) is 5.69 Å². The van der Waals surface area contributed by atoms with Crippen molar-refractivity contribution in [1.82, 2.24) is 0 Å². The molecule has 1 aromatic carbocycles. The van der Waals surface area contributed by atoms with Gasteiger partial charge < -0.3 is 5.21 Å². The predicted octanol–water partition coefficient (Wildman–Crippen LogP) is 1.26. The molecule has 4 nitrogen and oxygen atoms in total. The molecule has 0 heterocycles. The molecule has 2 N–H and O–H groups in total. The Morgan fingerprint density at radius 2 is 2.00 bits per heavy atom. The number of hydrogen-bond acceptors (Lipinski definition) is 3. The van der Waals surface area contributed by atoms with E-state index in [1.165, 1.54) is 6.07 Å². The second kappa shape index (κ2) is 3.99. The van der Waals surface area contributed by atoms with Gasteiger partial charge in [0.05, 0.1) is 11.6 Å². The minimum atomic E-state index is -0.968. The summed E-state index contributed by atoms with van der Waals surface area (Å²) in [7, 11) is 0. The number of benzene rings is 1. The predicted molar refractivity (Wildman–Crippen MR) is 55.6 cm³/mol. The number of nitriles is 1. The molecule has 0 fully saturated rings. The molecule has 0 spiro atoms. The molecule has 0 radical (unpaired) electrons. The summed E-state index contributed by atoms with van der Waals surface area (Å²) >= 11 is 0. The fourth-order valence-corrected chi connectivity index (χ4v) is 1.40. The van der Waals surface area contributed by atoms with Crippen molar-refractivity contribution >= 4 is 5.69 Å². The maximum Gasteiger partial charge on any atom is 0.164 e. The van der Waals surface area contributed by atoms with Crippen LogP contribution >= 0.6 is 0 Å². The van der Waals surface area contributed by atoms with Crippen molar-refractivity contribution in [2.24, 2.45) is 0 Å². The molecule has 80 valence electrons. The van der Waals surface area contributed by atoms with Crippen LogP contribution in [0, 0.1) is 16.5 Å². The molecule has 4 heteroatoms. The Bertz CT molecular complexity index is 400. The Morgan fingerprint density at radius 1 is 1.40 bits per heavy atom. The lowest BCUT2D eigenvalue weighted by Gasteiger charge is -2.22. The van der Waals surface area contributed by atoms with Gasteiger partial charge in [0, 0.05) is 12.1 Å². The molecule has 1 atom stereocenters. The second-order valence-corrected chi connectivity index (χ2v) is 4.43. The van der Waals surface area contributed by atoms with E-state index in [0.717, 1.165) is 5.56 Å². The van der Waals surface area contributed by atoms with Crippen LogP contribution in [0.1, 0.15) is 31.9 Å². The lowest BCUT2D eigenvalue weighted by Crippen LogP contribution is -2.99. The Balaban J connectivity index is 3.34. The van der Waals surface area contributed by atoms with E-state index >= 15 is 0 Å². The van der Waals surface area contributed by atoms with Crippen molar-refractivity contribution in [2.45, 2.75) is 26.2 Å². The average molecular weight is 206 g/mol. The Kier molecular flexibility index (Phi) is 3.10. The van der Waals surface area contributed by atoms with E-state index in [0.29, 0.717) is 5.56 Å². The molecule has 0 amide bonds. The largest absolute Gasteiger partial charge is 0.595 e. The third kappa shape index (κ3) is 2.54. The molecule has 1 unspecified atom stereocenters. The molecule has 0 aromatic heterocycles. The maximum absolute atomic E-state index is 10.8. The standard InChI is InChI=1S/C11H14N2O2/c1-11(2,3)10-6-9(13(14)15)5-4-8(10)7-12/h4-6,13-14H,1-3H3. The van der Waals surface area contributed by atoms with Gasteiger partial charge in [-0.25, -0.2) is 5.21 Å². The molecule has 0 saturated carbocycles. The highest BCUT2D eigenvalue weighted by Gasteiger charge is 2.19. The van der Waals surface area contributed by atoms with Gasteiger partial charge in [-0.2, -0.15) is 10.5 Å². The van der Waals surface area contributed by atoms with Gasteiger partial charge in [-0.05, 0) is 17.0 Å². The highest BCUT2D eigenvalue weighted by Crippen LogP contribution is 2.27. The van der Waals surface area contributed by atoms with Crippen molar-refractivity contribution in [2.75, 3.05) is 0 Å². The maximum atomic E-state index is 10.8. The van der Waals surface area contributed by atoms with E-state index in [1.807, 2.05) is 20.8 Å². The fraction of sp³-hybridized carbons (Fsp3) is 0.364. The second-order valence-electron chi connectivity index (χ2n) is 4.43. The Morgan fingerprint density at radius 3 is 2.40 bits per heavy atom. The molecular formula is C11H14N2O2. The van der Waals surface area contributed by atoms with Gasteiger partial charge in [-0.1, -0.05) is 20.8 Å². The van der Waals surface area contributed by atoms with Crippen molar-refractivity contribution in [3.8, 4) is 6.07 Å². The summed E-state index contributed by atoms with van der Waals surface area (Å²) in [6.07, 6.45) is 0. The summed E-state index contributed by atoms with van der Waals surface area (Å²) in [6.45, 7) is 5.86. The van der Waals surface area contributed by atoms with E-state index in [9.17, 15) is 5.21 Å². The first-order chi connectivity index (χ1) is 6.86. The summed E-state index contributed by atoms with van der Waals surface area (Å²) in [6, 6.07) is 6.66. The topological polar surface area (TPSA) is 71.5 Å². The van der Waals surface area contributed by atoms with Gasteiger partial charge in [0.25, 0.3) is 0 Å². The molecule has 0 bridgehead atoms. The van der Waals surface area contributed by atoms with Gasteiger partial charge in [-0.3, -0.25) is 0 Å². The van der Waals surface area contributed by atoms with Crippen LogP contribution in [0.25, 0.3) is 0 Å². The third-order valence-electron chi connectivity index (χ3n) is 2.19. The number of quaternary nitrogens is 1. The zero-order valence-electron chi connectivity index (χ0n) is 9.03. The summed E-state index contributed by atoms with van der Waals surface area (Å²) in [5, 5.41) is 27.6. The molecule has 1 aromatic rings. The molecule has 0 aliphatic carbocycles. The van der Waals surface area contributed by atoms with E-state index in [-0.39, 0.29) is 11.1 Å². The lowest BCUT2D eigenvalue weighted by atomic mass is 9.84. The lowest BCUT2D eigenvalue weighted by molar-refractivity contribution is -0.991. The minimum absolute atomic E-state index is 0.221. The number of hydrogen-bond donors (Lipinski definition) is 2. The van der Waals surface area contributed by atoms with Crippen LogP contribution in [-0.4, -0.2) is 5.21 Å². The number of nitrogens with one attached hydrogen (secondary N) is 1. The normalized spacial score (nSPS) is 13.3. The highest BCUT2D eigenvalue weighted by atomic mass is 16.8. The van der Waals surface area contributed by atoms with Crippen LogP contribution in [-0.2, 0) is 5.41 Å². The van der Waals surface area contributed by atoms with Gasteiger partial charge >= 0.3 is 0 Å². The minimum Gasteiger partial charge on any atom is -0.595 e. The molecule has 1 rings (SSSR count). The summed E-state index contributed by atoms with van der Waals surface area (Å²) in [5.41, 5.74) is 1.30. The molecule has 0 aliphatic heterocycles. The molecule has 0 aliphatic rings. The molecule has 0 saturated heterocycles. The van der Waals surface area contributed by atoms with Crippen molar-refractivity contribution in [3.05, 3.63) is 34.5 Å². The summed E-state index contributed by atoms with van der Waals surface area (Å²) in [4.78, 5) is 0. The van der Waals surface area contributed by atoms with Crippen LogP contribution in [0.3, 0.4) is 0 Å². The van der Waals surface area contributed by atoms with E-state index in [4.69, 9.17) is 10.5 Å². The molecular weight excluding hydrogens is 192 g/mol. The van der Waals surface area contributed by atoms with Crippen molar-refractivity contribution in [1.29, 1.82) is 5.26 Å². The van der Waals surface area contributed by atoms with E-state index in [2.05, 4.69) is 6.07 Å². The zero-order valence-corrected chi connectivity index (χ0v) is 9.03. The summed E-state index contributed by atoms with van der Waals surface area (Å²) in [5.74, 6) is 0. The van der Waals surface area contributed by atoms with E-state index < -0.39 is 5.23 Å². The van der Waals surface area contributed by atoms with Crippen LogP contribution in [0.15, 0.2) is 18.2 Å². The Hall–Kier alpha value is -1.41. The van der Waals surface area contributed by atoms with Crippen molar-refractivity contribution < 1.29 is 10.4 Å². The van der Waals surface area contributed by atoms with Crippen molar-refractivity contribution in [3.63, 3.8) is 0 Å². The zero-order chi connectivity index (χ0) is 11.6. The first kappa shape index (κ1) is 11.7. The van der Waals surface area contributed by atoms with Gasteiger partial charge in [0.1, 0.15) is 0 Å². The SMILES string of the molecule is CC(C)(C)c1cc([NH+]([O-])O)ccc1C#N. The van der Waals surface area contributed by atoms with Crippen LogP contribution in [0.4, 0.5) is 5.69 Å².